The van der Waals surface area contributed by atoms with Crippen molar-refractivity contribution in [2.24, 2.45) is 0 Å². The van der Waals surface area contributed by atoms with Crippen molar-refractivity contribution >= 4 is 35.2 Å². The lowest BCUT2D eigenvalue weighted by atomic mass is 10.1. The number of aromatic nitrogens is 1. The summed E-state index contributed by atoms with van der Waals surface area (Å²) in [5, 5.41) is 0.290. The summed E-state index contributed by atoms with van der Waals surface area (Å²) < 4.78 is 2.12. The van der Waals surface area contributed by atoms with E-state index in [9.17, 15) is 9.59 Å². The monoisotopic (exact) mass is 333 g/mol. The van der Waals surface area contributed by atoms with Crippen LogP contribution in [-0.4, -0.2) is 44.4 Å². The fourth-order valence-corrected chi connectivity index (χ4v) is 3.22. The van der Waals surface area contributed by atoms with Gasteiger partial charge in [0.15, 0.2) is 5.11 Å². The third kappa shape index (κ3) is 3.08. The number of thiocarbonyl (C=S) groups is 1. The molecule has 0 spiro atoms. The highest BCUT2D eigenvalue weighted by atomic mass is 32.1. The summed E-state index contributed by atoms with van der Waals surface area (Å²) in [6, 6.07) is 2.30. The minimum absolute atomic E-state index is 0.170. The van der Waals surface area contributed by atoms with Crippen molar-refractivity contribution in [2.45, 2.75) is 40.7 Å². The van der Waals surface area contributed by atoms with Crippen LogP contribution < -0.4 is 0 Å². The molecule has 0 N–H and O–H groups in total. The molecule has 1 aromatic heterocycles. The van der Waals surface area contributed by atoms with Gasteiger partial charge in [-0.3, -0.25) is 19.4 Å². The van der Waals surface area contributed by atoms with Crippen LogP contribution in [0.5, 0.6) is 0 Å². The Bertz CT molecular complexity index is 660. The average molecular weight is 333 g/mol. The summed E-state index contributed by atoms with van der Waals surface area (Å²) >= 11 is 5.26. The number of aryl methyl sites for hydroxylation is 1. The quantitative estimate of drug-likeness (QED) is 0.483. The number of rotatable bonds is 4. The maximum Gasteiger partial charge on any atom is 0.265 e. The van der Waals surface area contributed by atoms with Crippen molar-refractivity contribution in [1.29, 1.82) is 0 Å². The molecule has 0 radical (unpaired) electrons. The van der Waals surface area contributed by atoms with E-state index in [1.54, 1.807) is 6.08 Å². The number of likely N-dealkylation sites (N-methyl/N-ethyl adjacent to an activating group) is 2. The van der Waals surface area contributed by atoms with E-state index in [1.165, 1.54) is 9.80 Å². The first kappa shape index (κ1) is 17.4. The standard InChI is InChI=1S/C17H23N3O2S/c1-6-18-15(21)14(16(22)19(7-2)17(18)23)9-13-8-12(5)20(10-13)11(3)4/h8-11H,6-7H2,1-5H3. The van der Waals surface area contributed by atoms with Crippen LogP contribution in [-0.2, 0) is 9.59 Å². The first-order valence-electron chi connectivity index (χ1n) is 7.89. The van der Waals surface area contributed by atoms with E-state index in [0.29, 0.717) is 19.1 Å². The van der Waals surface area contributed by atoms with Crippen LogP contribution in [0, 0.1) is 6.92 Å². The Morgan fingerprint density at radius 3 is 2.04 bits per heavy atom. The zero-order valence-corrected chi connectivity index (χ0v) is 15.1. The second-order valence-corrected chi connectivity index (χ2v) is 6.22. The summed E-state index contributed by atoms with van der Waals surface area (Å²) in [7, 11) is 0. The van der Waals surface area contributed by atoms with Gasteiger partial charge in [0.05, 0.1) is 0 Å². The number of amides is 2. The van der Waals surface area contributed by atoms with Gasteiger partial charge in [-0.05, 0) is 64.5 Å². The van der Waals surface area contributed by atoms with Crippen molar-refractivity contribution in [3.8, 4) is 0 Å². The molecule has 2 heterocycles. The zero-order valence-electron chi connectivity index (χ0n) is 14.3. The number of carbonyl (C=O) groups excluding carboxylic acids is 2. The summed E-state index contributed by atoms with van der Waals surface area (Å²) in [4.78, 5) is 28.1. The smallest absolute Gasteiger partial charge is 0.265 e. The highest BCUT2D eigenvalue weighted by Crippen LogP contribution is 2.22. The molecule has 124 valence electrons. The normalized spacial score (nSPS) is 15.9. The number of carbonyl (C=O) groups is 2. The molecular weight excluding hydrogens is 310 g/mol. The first-order chi connectivity index (χ1) is 10.8. The molecule has 23 heavy (non-hydrogen) atoms. The van der Waals surface area contributed by atoms with E-state index in [1.807, 2.05) is 33.0 Å². The van der Waals surface area contributed by atoms with Gasteiger partial charge in [-0.1, -0.05) is 0 Å². The van der Waals surface area contributed by atoms with Gasteiger partial charge in [-0.25, -0.2) is 0 Å². The minimum atomic E-state index is -0.317. The third-order valence-corrected chi connectivity index (χ3v) is 4.42. The largest absolute Gasteiger partial charge is 0.349 e. The lowest BCUT2D eigenvalue weighted by Gasteiger charge is -2.35. The van der Waals surface area contributed by atoms with Crippen molar-refractivity contribution in [2.75, 3.05) is 13.1 Å². The summed E-state index contributed by atoms with van der Waals surface area (Å²) in [5.74, 6) is -0.635. The van der Waals surface area contributed by atoms with Gasteiger partial charge < -0.3 is 4.57 Å². The molecule has 1 fully saturated rings. The van der Waals surface area contributed by atoms with Gasteiger partial charge in [0.1, 0.15) is 5.57 Å². The fraction of sp³-hybridized carbons (Fsp3) is 0.471. The average Bonchev–Trinajstić information content (AvgIpc) is 2.85. The highest BCUT2D eigenvalue weighted by Gasteiger charge is 2.37. The van der Waals surface area contributed by atoms with Crippen LogP contribution in [0.15, 0.2) is 17.8 Å². The van der Waals surface area contributed by atoms with Crippen LogP contribution in [0.25, 0.3) is 6.08 Å². The minimum Gasteiger partial charge on any atom is -0.349 e. The SMILES string of the molecule is CCN1C(=O)C(=Cc2cc(C)n(C(C)C)c2)C(=O)N(CC)C1=S. The van der Waals surface area contributed by atoms with Crippen molar-refractivity contribution in [3.63, 3.8) is 0 Å². The van der Waals surface area contributed by atoms with Crippen LogP contribution in [0.3, 0.4) is 0 Å². The topological polar surface area (TPSA) is 45.6 Å². The predicted molar refractivity (Wildman–Crippen MR) is 94.9 cm³/mol. The Morgan fingerprint density at radius 2 is 1.65 bits per heavy atom. The molecule has 6 heteroatoms. The maximum atomic E-state index is 12.6. The number of hydrogen-bond acceptors (Lipinski definition) is 3. The van der Waals surface area contributed by atoms with Gasteiger partial charge in [0.25, 0.3) is 11.8 Å². The van der Waals surface area contributed by atoms with Gasteiger partial charge >= 0.3 is 0 Å². The van der Waals surface area contributed by atoms with Crippen LogP contribution >= 0.6 is 12.2 Å². The van der Waals surface area contributed by atoms with Crippen molar-refractivity contribution in [3.05, 3.63) is 29.1 Å². The van der Waals surface area contributed by atoms with Gasteiger partial charge in [0, 0.05) is 31.0 Å². The molecule has 0 aliphatic carbocycles. The third-order valence-electron chi connectivity index (χ3n) is 3.98. The van der Waals surface area contributed by atoms with Crippen LogP contribution in [0.1, 0.15) is 45.0 Å². The van der Waals surface area contributed by atoms with Gasteiger partial charge in [-0.15, -0.1) is 0 Å². The Hall–Kier alpha value is -1.95. The van der Waals surface area contributed by atoms with Gasteiger partial charge in [-0.2, -0.15) is 0 Å². The van der Waals surface area contributed by atoms with Crippen LogP contribution in [0.2, 0.25) is 0 Å². The van der Waals surface area contributed by atoms with Gasteiger partial charge in [0.2, 0.25) is 0 Å². The Balaban J connectivity index is 2.47. The lowest BCUT2D eigenvalue weighted by Crippen LogP contribution is -2.55. The molecule has 2 amide bonds. The maximum absolute atomic E-state index is 12.6. The van der Waals surface area contributed by atoms with E-state index in [4.69, 9.17) is 12.2 Å². The predicted octanol–water partition coefficient (Wildman–Crippen LogP) is 2.76. The van der Waals surface area contributed by atoms with E-state index in [2.05, 4.69) is 18.4 Å². The molecule has 1 aliphatic heterocycles. The molecule has 0 unspecified atom stereocenters. The number of nitrogens with zero attached hydrogens (tertiary/aromatic N) is 3. The van der Waals surface area contributed by atoms with Crippen molar-refractivity contribution in [1.82, 2.24) is 14.4 Å². The van der Waals surface area contributed by atoms with Crippen molar-refractivity contribution < 1.29 is 9.59 Å². The second-order valence-electron chi connectivity index (χ2n) is 5.86. The molecule has 1 aliphatic rings. The van der Waals surface area contributed by atoms with E-state index < -0.39 is 0 Å². The lowest BCUT2D eigenvalue weighted by molar-refractivity contribution is -0.133. The summed E-state index contributed by atoms with van der Waals surface area (Å²) in [6.07, 6.45) is 3.64. The first-order valence-corrected chi connectivity index (χ1v) is 8.30. The molecule has 1 saturated heterocycles. The Labute approximate surface area is 142 Å². The molecule has 1 aromatic rings. The molecule has 0 atom stereocenters. The molecule has 5 nitrogen and oxygen atoms in total. The van der Waals surface area contributed by atoms with Crippen LogP contribution in [0.4, 0.5) is 0 Å². The molecule has 0 saturated carbocycles. The van der Waals surface area contributed by atoms with E-state index in [0.717, 1.165) is 11.3 Å². The summed E-state index contributed by atoms with van der Waals surface area (Å²) in [5.41, 5.74) is 2.12. The summed E-state index contributed by atoms with van der Waals surface area (Å²) in [6.45, 7) is 10.8. The second kappa shape index (κ2) is 6.66. The highest BCUT2D eigenvalue weighted by molar-refractivity contribution is 7.80. The fourth-order valence-electron chi connectivity index (χ4n) is 2.80. The zero-order chi connectivity index (χ0) is 17.3. The number of hydrogen-bond donors (Lipinski definition) is 0. The van der Waals surface area contributed by atoms with E-state index >= 15 is 0 Å². The Morgan fingerprint density at radius 1 is 1.13 bits per heavy atom. The Kier molecular flexibility index (Phi) is 5.04. The molecule has 0 aromatic carbocycles. The molecule has 2 rings (SSSR count). The molecular formula is C17H23N3O2S. The molecule has 0 bridgehead atoms. The van der Waals surface area contributed by atoms with E-state index in [-0.39, 0.29) is 22.5 Å².